The van der Waals surface area contributed by atoms with Gasteiger partial charge in [-0.05, 0) is 13.0 Å². The third-order valence-electron chi connectivity index (χ3n) is 2.39. The van der Waals surface area contributed by atoms with Gasteiger partial charge in [0.2, 0.25) is 0 Å². The fraction of sp³-hybridized carbons (Fsp3) is 0.0909. The van der Waals surface area contributed by atoms with Gasteiger partial charge in [-0.3, -0.25) is 0 Å². The monoisotopic (exact) mass is 198 g/mol. The SMILES string of the molecule is Cc1cn(-c2ccn3ccnc3c2)cn1. The Morgan fingerprint density at radius 3 is 2.93 bits per heavy atom. The third kappa shape index (κ3) is 1.30. The van der Waals surface area contributed by atoms with Gasteiger partial charge in [0.15, 0.2) is 0 Å². The average Bonchev–Trinajstić information content (AvgIpc) is 2.84. The minimum absolute atomic E-state index is 0.943. The molecule has 0 amide bonds. The molecule has 0 spiro atoms. The Hall–Kier alpha value is -2.10. The summed E-state index contributed by atoms with van der Waals surface area (Å²) in [7, 11) is 0. The topological polar surface area (TPSA) is 35.1 Å². The first-order valence-electron chi connectivity index (χ1n) is 4.76. The smallest absolute Gasteiger partial charge is 0.138 e. The quantitative estimate of drug-likeness (QED) is 0.598. The van der Waals surface area contributed by atoms with E-state index in [0.29, 0.717) is 0 Å². The summed E-state index contributed by atoms with van der Waals surface area (Å²) in [5.74, 6) is 0. The molecule has 0 fully saturated rings. The maximum Gasteiger partial charge on any atom is 0.138 e. The zero-order chi connectivity index (χ0) is 10.3. The second kappa shape index (κ2) is 2.95. The van der Waals surface area contributed by atoms with E-state index in [1.807, 2.05) is 52.9 Å². The summed E-state index contributed by atoms with van der Waals surface area (Å²) in [5.41, 5.74) is 3.03. The van der Waals surface area contributed by atoms with E-state index in [-0.39, 0.29) is 0 Å². The molecule has 0 saturated heterocycles. The molecule has 3 rings (SSSR count). The van der Waals surface area contributed by atoms with Crippen molar-refractivity contribution >= 4 is 5.65 Å². The first kappa shape index (κ1) is 8.23. The number of hydrogen-bond acceptors (Lipinski definition) is 2. The van der Waals surface area contributed by atoms with Crippen LogP contribution in [0.3, 0.4) is 0 Å². The number of pyridine rings is 1. The summed E-state index contributed by atoms with van der Waals surface area (Å²) in [6, 6.07) is 4.07. The van der Waals surface area contributed by atoms with E-state index in [1.165, 1.54) is 0 Å². The van der Waals surface area contributed by atoms with Crippen molar-refractivity contribution in [3.8, 4) is 5.69 Å². The van der Waals surface area contributed by atoms with Gasteiger partial charge in [0.05, 0.1) is 17.7 Å². The van der Waals surface area contributed by atoms with Crippen LogP contribution >= 0.6 is 0 Å². The molecule has 0 aliphatic carbocycles. The van der Waals surface area contributed by atoms with Crippen molar-refractivity contribution in [1.29, 1.82) is 0 Å². The van der Waals surface area contributed by atoms with E-state index in [2.05, 4.69) is 9.97 Å². The van der Waals surface area contributed by atoms with E-state index >= 15 is 0 Å². The van der Waals surface area contributed by atoms with Crippen LogP contribution in [-0.4, -0.2) is 18.9 Å². The standard InChI is InChI=1S/C11H10N4/c1-9-7-15(8-13-9)10-2-4-14-5-3-12-11(14)6-10/h2-8H,1H3. The largest absolute Gasteiger partial charge is 0.307 e. The van der Waals surface area contributed by atoms with Gasteiger partial charge in [-0.1, -0.05) is 0 Å². The molecule has 0 bridgehead atoms. The Bertz CT molecular complexity index is 606. The number of nitrogens with zero attached hydrogens (tertiary/aromatic N) is 4. The van der Waals surface area contributed by atoms with Gasteiger partial charge >= 0.3 is 0 Å². The van der Waals surface area contributed by atoms with Gasteiger partial charge in [-0.2, -0.15) is 0 Å². The highest BCUT2D eigenvalue weighted by atomic mass is 15.0. The molecule has 3 aromatic heterocycles. The predicted octanol–water partition coefficient (Wildman–Crippen LogP) is 1.83. The van der Waals surface area contributed by atoms with Crippen LogP contribution in [-0.2, 0) is 0 Å². The normalized spacial score (nSPS) is 11.0. The first-order chi connectivity index (χ1) is 7.33. The van der Waals surface area contributed by atoms with Crippen LogP contribution < -0.4 is 0 Å². The first-order valence-corrected chi connectivity index (χ1v) is 4.76. The summed E-state index contributed by atoms with van der Waals surface area (Å²) in [6.07, 6.45) is 9.52. The van der Waals surface area contributed by atoms with Crippen molar-refractivity contribution in [2.45, 2.75) is 6.92 Å². The van der Waals surface area contributed by atoms with E-state index in [1.54, 1.807) is 6.20 Å². The highest BCUT2D eigenvalue weighted by Crippen LogP contribution is 2.10. The Labute approximate surface area is 86.8 Å². The molecule has 0 atom stereocenters. The number of rotatable bonds is 1. The van der Waals surface area contributed by atoms with Crippen molar-refractivity contribution in [2.24, 2.45) is 0 Å². The van der Waals surface area contributed by atoms with E-state index in [4.69, 9.17) is 0 Å². The Kier molecular flexibility index (Phi) is 1.62. The maximum absolute atomic E-state index is 4.24. The lowest BCUT2D eigenvalue weighted by molar-refractivity contribution is 1.04. The summed E-state index contributed by atoms with van der Waals surface area (Å²) in [6.45, 7) is 1.98. The lowest BCUT2D eigenvalue weighted by Gasteiger charge is -2.01. The fourth-order valence-electron chi connectivity index (χ4n) is 1.62. The number of imidazole rings is 2. The second-order valence-corrected chi connectivity index (χ2v) is 3.50. The highest BCUT2D eigenvalue weighted by Gasteiger charge is 1.99. The maximum atomic E-state index is 4.24. The molecule has 4 nitrogen and oxygen atoms in total. The van der Waals surface area contributed by atoms with Crippen LogP contribution in [0.25, 0.3) is 11.3 Å². The summed E-state index contributed by atoms with van der Waals surface area (Å²) in [5, 5.41) is 0. The lowest BCUT2D eigenvalue weighted by atomic mass is 10.4. The van der Waals surface area contributed by atoms with Crippen molar-refractivity contribution in [3.05, 3.63) is 48.9 Å². The van der Waals surface area contributed by atoms with Gasteiger partial charge in [0.1, 0.15) is 5.65 Å². The van der Waals surface area contributed by atoms with Crippen LogP contribution in [0, 0.1) is 6.92 Å². The Morgan fingerprint density at radius 2 is 2.13 bits per heavy atom. The molecule has 0 aliphatic heterocycles. The van der Waals surface area contributed by atoms with Crippen molar-refractivity contribution < 1.29 is 0 Å². The summed E-state index contributed by atoms with van der Waals surface area (Å²) >= 11 is 0. The van der Waals surface area contributed by atoms with Crippen LogP contribution in [0.4, 0.5) is 0 Å². The molecular weight excluding hydrogens is 188 g/mol. The molecule has 4 heteroatoms. The number of hydrogen-bond donors (Lipinski definition) is 0. The molecule has 0 N–H and O–H groups in total. The fourth-order valence-corrected chi connectivity index (χ4v) is 1.62. The molecular formula is C11H10N4. The van der Waals surface area contributed by atoms with Gasteiger partial charge in [0.25, 0.3) is 0 Å². The molecule has 0 aromatic carbocycles. The van der Waals surface area contributed by atoms with Crippen molar-refractivity contribution in [3.63, 3.8) is 0 Å². The van der Waals surface area contributed by atoms with Gasteiger partial charge in [0, 0.05) is 30.9 Å². The van der Waals surface area contributed by atoms with E-state index in [0.717, 1.165) is 17.0 Å². The van der Waals surface area contributed by atoms with Gasteiger partial charge < -0.3 is 8.97 Å². The summed E-state index contributed by atoms with van der Waals surface area (Å²) in [4.78, 5) is 8.44. The van der Waals surface area contributed by atoms with Crippen LogP contribution in [0.15, 0.2) is 43.2 Å². The molecule has 0 unspecified atom stereocenters. The lowest BCUT2D eigenvalue weighted by Crippen LogP contribution is -1.92. The van der Waals surface area contributed by atoms with E-state index < -0.39 is 0 Å². The van der Waals surface area contributed by atoms with Gasteiger partial charge in [-0.25, -0.2) is 9.97 Å². The minimum atomic E-state index is 0.943. The Morgan fingerprint density at radius 1 is 1.20 bits per heavy atom. The molecule has 3 aromatic rings. The number of aromatic nitrogens is 4. The minimum Gasteiger partial charge on any atom is -0.307 e. The highest BCUT2D eigenvalue weighted by molar-refractivity contribution is 5.47. The van der Waals surface area contributed by atoms with Crippen molar-refractivity contribution in [2.75, 3.05) is 0 Å². The molecule has 15 heavy (non-hydrogen) atoms. The molecule has 74 valence electrons. The second-order valence-electron chi connectivity index (χ2n) is 3.50. The average molecular weight is 198 g/mol. The number of fused-ring (bicyclic) bond motifs is 1. The van der Waals surface area contributed by atoms with Crippen LogP contribution in [0.5, 0.6) is 0 Å². The number of aryl methyl sites for hydroxylation is 1. The van der Waals surface area contributed by atoms with Crippen LogP contribution in [0.2, 0.25) is 0 Å². The van der Waals surface area contributed by atoms with E-state index in [9.17, 15) is 0 Å². The van der Waals surface area contributed by atoms with Crippen LogP contribution in [0.1, 0.15) is 5.69 Å². The molecule has 0 aliphatic rings. The third-order valence-corrected chi connectivity index (χ3v) is 2.39. The predicted molar refractivity (Wildman–Crippen MR) is 57.1 cm³/mol. The molecule has 3 heterocycles. The summed E-state index contributed by atoms with van der Waals surface area (Å²) < 4.78 is 3.97. The van der Waals surface area contributed by atoms with Gasteiger partial charge in [-0.15, -0.1) is 0 Å². The Balaban J connectivity index is 2.18. The zero-order valence-electron chi connectivity index (χ0n) is 8.33. The zero-order valence-corrected chi connectivity index (χ0v) is 8.33. The van der Waals surface area contributed by atoms with Crippen molar-refractivity contribution in [1.82, 2.24) is 18.9 Å². The molecule has 0 radical (unpaired) electrons. The molecule has 0 saturated carbocycles.